The van der Waals surface area contributed by atoms with Crippen molar-refractivity contribution in [2.24, 2.45) is 0 Å². The standard InChI is InChI=1S/C12H14N2O2S2.BrH/c1-3-16-11(15)7-14-9-5-4-8(17-2)6-10(9)18-12(14)13;/h4-6,13H,3,7H2,1-2H3;1H. The number of nitrogen functional groups attached to an aromatic ring is 1. The zero-order valence-electron chi connectivity index (χ0n) is 10.7. The first-order chi connectivity index (χ1) is 8.65. The van der Waals surface area contributed by atoms with Gasteiger partial charge in [-0.2, -0.15) is 0 Å². The summed E-state index contributed by atoms with van der Waals surface area (Å²) in [5, 5.41) is 0.622. The number of nitrogens with zero attached hydrogens (tertiary/aromatic N) is 1. The molecule has 104 valence electrons. The number of rotatable bonds is 4. The summed E-state index contributed by atoms with van der Waals surface area (Å²) in [5.41, 5.74) is 6.93. The van der Waals surface area contributed by atoms with Crippen LogP contribution in [0.3, 0.4) is 0 Å². The van der Waals surface area contributed by atoms with E-state index < -0.39 is 0 Å². The smallest absolute Gasteiger partial charge is 0.348 e. The summed E-state index contributed by atoms with van der Waals surface area (Å²) in [4.78, 5) is 12.7. The number of aromatic nitrogens is 1. The van der Waals surface area contributed by atoms with Gasteiger partial charge in [0.2, 0.25) is 0 Å². The molecule has 2 N–H and O–H groups in total. The predicted molar refractivity (Wildman–Crippen MR) is 74.8 cm³/mol. The Morgan fingerprint density at radius 3 is 2.89 bits per heavy atom. The largest absolute Gasteiger partial charge is 1.00 e. The first-order valence-electron chi connectivity index (χ1n) is 5.57. The van der Waals surface area contributed by atoms with Crippen molar-refractivity contribution >= 4 is 44.4 Å². The van der Waals surface area contributed by atoms with Crippen molar-refractivity contribution in [2.75, 3.05) is 18.6 Å². The highest BCUT2D eigenvalue weighted by molar-refractivity contribution is 7.98. The third-order valence-corrected chi connectivity index (χ3v) is 4.23. The molecule has 1 heterocycles. The van der Waals surface area contributed by atoms with E-state index in [0.717, 1.165) is 10.2 Å². The summed E-state index contributed by atoms with van der Waals surface area (Å²) in [6.45, 7) is 2.35. The summed E-state index contributed by atoms with van der Waals surface area (Å²) in [7, 11) is 0. The summed E-state index contributed by atoms with van der Waals surface area (Å²) in [5.74, 6) is -0.261. The number of hydrogen-bond acceptors (Lipinski definition) is 5. The average Bonchev–Trinajstić information content (AvgIpc) is 2.65. The van der Waals surface area contributed by atoms with Crippen LogP contribution in [0.15, 0.2) is 23.1 Å². The van der Waals surface area contributed by atoms with Crippen LogP contribution in [0.5, 0.6) is 0 Å². The number of thioether (sulfide) groups is 1. The molecule has 19 heavy (non-hydrogen) atoms. The number of carbonyl (C=O) groups is 1. The number of thiazole rings is 1. The molecule has 7 heteroatoms. The molecule has 0 radical (unpaired) electrons. The number of fused-ring (bicyclic) bond motifs is 1. The van der Waals surface area contributed by atoms with Gasteiger partial charge >= 0.3 is 11.1 Å². The molecular weight excluding hydrogens is 348 g/mol. The highest BCUT2D eigenvalue weighted by Crippen LogP contribution is 2.26. The SMILES string of the molecule is CCOC(=O)C[n+]1c(N)sc2cc(SC)ccc21.[Br-]. The van der Waals surface area contributed by atoms with Crippen LogP contribution in [0.25, 0.3) is 10.2 Å². The van der Waals surface area contributed by atoms with Crippen molar-refractivity contribution in [3.05, 3.63) is 18.2 Å². The first kappa shape index (κ1) is 16.3. The summed E-state index contributed by atoms with van der Waals surface area (Å²) in [6, 6.07) is 6.11. The molecule has 4 nitrogen and oxygen atoms in total. The van der Waals surface area contributed by atoms with Gasteiger partial charge in [0.1, 0.15) is 5.52 Å². The molecule has 0 aliphatic rings. The lowest BCUT2D eigenvalue weighted by atomic mass is 10.3. The normalized spacial score (nSPS) is 10.2. The average molecular weight is 363 g/mol. The second-order valence-electron chi connectivity index (χ2n) is 3.67. The summed E-state index contributed by atoms with van der Waals surface area (Å²) < 4.78 is 7.83. The number of hydrogen-bond donors (Lipinski definition) is 1. The van der Waals surface area contributed by atoms with E-state index in [0.29, 0.717) is 11.7 Å². The number of anilines is 1. The van der Waals surface area contributed by atoms with Crippen LogP contribution in [-0.2, 0) is 16.1 Å². The molecule has 0 aliphatic carbocycles. The molecule has 0 fully saturated rings. The molecule has 0 bridgehead atoms. The first-order valence-corrected chi connectivity index (χ1v) is 7.61. The number of benzene rings is 1. The van der Waals surface area contributed by atoms with Gasteiger partial charge in [0.15, 0.2) is 6.54 Å². The highest BCUT2D eigenvalue weighted by atomic mass is 79.9. The molecule has 0 unspecified atom stereocenters. The molecule has 0 aliphatic heterocycles. The highest BCUT2D eigenvalue weighted by Gasteiger charge is 2.18. The molecule has 2 rings (SSSR count). The van der Waals surface area contributed by atoms with E-state index in [1.54, 1.807) is 23.3 Å². The number of nitrogens with two attached hydrogens (primary N) is 1. The molecule has 0 amide bonds. The predicted octanol–water partition coefficient (Wildman–Crippen LogP) is -0.940. The molecule has 2 aromatic rings. The summed E-state index contributed by atoms with van der Waals surface area (Å²) >= 11 is 3.17. The Kier molecular flexibility index (Phi) is 6.09. The molecule has 1 aromatic heterocycles. The van der Waals surface area contributed by atoms with Gasteiger partial charge in [-0.25, -0.2) is 9.36 Å². The van der Waals surface area contributed by atoms with E-state index in [9.17, 15) is 4.79 Å². The fourth-order valence-electron chi connectivity index (χ4n) is 1.71. The van der Waals surface area contributed by atoms with Crippen LogP contribution in [0.2, 0.25) is 0 Å². The van der Waals surface area contributed by atoms with Gasteiger partial charge < -0.3 is 21.7 Å². The van der Waals surface area contributed by atoms with Crippen molar-refractivity contribution in [1.82, 2.24) is 0 Å². The van der Waals surface area contributed by atoms with Crippen molar-refractivity contribution in [1.29, 1.82) is 0 Å². The lowest BCUT2D eigenvalue weighted by molar-refractivity contribution is -0.641. The Balaban J connectivity index is 0.00000180. The number of esters is 1. The van der Waals surface area contributed by atoms with Crippen molar-refractivity contribution in [3.8, 4) is 0 Å². The van der Waals surface area contributed by atoms with E-state index in [1.807, 2.05) is 18.4 Å². The molecule has 1 aromatic carbocycles. The Labute approximate surface area is 130 Å². The van der Waals surface area contributed by atoms with Gasteiger partial charge in [-0.05, 0) is 42.7 Å². The maximum atomic E-state index is 11.5. The topological polar surface area (TPSA) is 56.2 Å². The van der Waals surface area contributed by atoms with Crippen LogP contribution in [-0.4, -0.2) is 18.8 Å². The Bertz CT molecular complexity index is 586. The number of carbonyl (C=O) groups excluding carboxylic acids is 1. The second kappa shape index (κ2) is 7.12. The molecule has 0 saturated heterocycles. The van der Waals surface area contributed by atoms with Crippen molar-refractivity contribution < 1.29 is 31.1 Å². The Morgan fingerprint density at radius 2 is 2.26 bits per heavy atom. The third-order valence-electron chi connectivity index (χ3n) is 2.53. The van der Waals surface area contributed by atoms with Gasteiger partial charge in [-0.1, -0.05) is 0 Å². The minimum Gasteiger partial charge on any atom is -1.00 e. The van der Waals surface area contributed by atoms with E-state index in [2.05, 4.69) is 6.07 Å². The van der Waals surface area contributed by atoms with Gasteiger partial charge in [0.25, 0.3) is 0 Å². The Morgan fingerprint density at radius 1 is 1.53 bits per heavy atom. The lowest BCUT2D eigenvalue weighted by Gasteiger charge is -2.01. The minimum absolute atomic E-state index is 0. The van der Waals surface area contributed by atoms with Crippen LogP contribution in [0, 0.1) is 0 Å². The van der Waals surface area contributed by atoms with E-state index in [4.69, 9.17) is 10.5 Å². The van der Waals surface area contributed by atoms with E-state index in [-0.39, 0.29) is 29.5 Å². The van der Waals surface area contributed by atoms with Crippen LogP contribution in [0.4, 0.5) is 5.13 Å². The quantitative estimate of drug-likeness (QED) is 0.433. The van der Waals surface area contributed by atoms with Gasteiger partial charge in [0.05, 0.1) is 11.3 Å². The lowest BCUT2D eigenvalue weighted by Crippen LogP contribution is -3.00. The van der Waals surface area contributed by atoms with E-state index in [1.165, 1.54) is 16.2 Å². The van der Waals surface area contributed by atoms with Gasteiger partial charge in [-0.3, -0.25) is 5.73 Å². The fraction of sp³-hybridized carbons (Fsp3) is 0.333. The minimum atomic E-state index is -0.261. The molecule has 0 atom stereocenters. The maximum Gasteiger partial charge on any atom is 0.348 e. The number of halogens is 1. The van der Waals surface area contributed by atoms with Gasteiger partial charge in [-0.15, -0.1) is 11.8 Å². The Hall–Kier alpha value is -0.790. The van der Waals surface area contributed by atoms with Crippen LogP contribution < -0.4 is 27.3 Å². The maximum absolute atomic E-state index is 11.5. The summed E-state index contributed by atoms with van der Waals surface area (Å²) in [6.07, 6.45) is 2.03. The molecular formula is C12H15BrN2O2S2. The zero-order chi connectivity index (χ0) is 13.1. The van der Waals surface area contributed by atoms with Crippen LogP contribution >= 0.6 is 23.1 Å². The van der Waals surface area contributed by atoms with E-state index >= 15 is 0 Å². The molecule has 0 saturated carbocycles. The third kappa shape index (κ3) is 3.61. The van der Waals surface area contributed by atoms with Crippen molar-refractivity contribution in [2.45, 2.75) is 18.4 Å². The second-order valence-corrected chi connectivity index (χ2v) is 5.61. The fourth-order valence-corrected chi connectivity index (χ4v) is 3.19. The van der Waals surface area contributed by atoms with Gasteiger partial charge in [0, 0.05) is 4.90 Å². The number of ether oxygens (including phenoxy) is 1. The zero-order valence-corrected chi connectivity index (χ0v) is 13.9. The monoisotopic (exact) mass is 362 g/mol. The van der Waals surface area contributed by atoms with Crippen molar-refractivity contribution in [3.63, 3.8) is 0 Å². The van der Waals surface area contributed by atoms with Crippen LogP contribution in [0.1, 0.15) is 6.92 Å². The molecule has 0 spiro atoms.